The number of carboxylic acids is 1. The molecule has 2 fully saturated rings. The summed E-state index contributed by atoms with van der Waals surface area (Å²) in [5, 5.41) is 21.3. The molecule has 240 valence electrons. The summed E-state index contributed by atoms with van der Waals surface area (Å²) in [5.41, 5.74) is 5.86. The minimum atomic E-state index is -0.986. The Morgan fingerprint density at radius 3 is 2.20 bits per heavy atom. The van der Waals surface area contributed by atoms with Crippen molar-refractivity contribution in [1.29, 1.82) is 0 Å². The lowest BCUT2D eigenvalue weighted by molar-refractivity contribution is -0.276. The second-order valence-corrected chi connectivity index (χ2v) is 12.3. The maximum Gasteiger partial charge on any atom is 0.303 e. The topological polar surface area (TPSA) is 108 Å². The Morgan fingerprint density at radius 1 is 0.844 bits per heavy atom. The quantitative estimate of drug-likeness (QED) is 0.230. The maximum atomic E-state index is 12.1. The number of benzene rings is 3. The van der Waals surface area contributed by atoms with Crippen LogP contribution in [0.3, 0.4) is 0 Å². The Kier molecular flexibility index (Phi) is 11.8. The molecule has 45 heavy (non-hydrogen) atoms. The lowest BCUT2D eigenvalue weighted by Gasteiger charge is -2.43. The van der Waals surface area contributed by atoms with Crippen molar-refractivity contribution in [3.8, 4) is 11.1 Å². The smallest absolute Gasteiger partial charge is 0.303 e. The molecule has 8 heteroatoms. The number of hydrogen-bond donors (Lipinski definition) is 3. The van der Waals surface area contributed by atoms with Gasteiger partial charge in [0.1, 0.15) is 0 Å². The van der Waals surface area contributed by atoms with Gasteiger partial charge in [-0.3, -0.25) is 9.59 Å². The summed E-state index contributed by atoms with van der Waals surface area (Å²) in [5.74, 6) is -1.13. The summed E-state index contributed by atoms with van der Waals surface area (Å²) in [6.07, 6.45) is 5.44. The van der Waals surface area contributed by atoms with E-state index in [0.717, 1.165) is 53.0 Å². The van der Waals surface area contributed by atoms with E-state index in [-0.39, 0.29) is 43.5 Å². The Balaban J connectivity index is 1.34. The number of likely N-dealkylation sites (tertiary alicyclic amines) is 1. The number of carbonyl (C=O) groups excluding carboxylic acids is 1. The number of aliphatic hydroxyl groups excluding tert-OH is 1. The molecule has 3 N–H and O–H groups in total. The van der Waals surface area contributed by atoms with Crippen LogP contribution in [0.15, 0.2) is 72.8 Å². The van der Waals surface area contributed by atoms with Gasteiger partial charge in [0.2, 0.25) is 5.91 Å². The molecule has 0 radical (unpaired) electrons. The summed E-state index contributed by atoms with van der Waals surface area (Å²) in [7, 11) is 0. The molecule has 2 saturated heterocycles. The van der Waals surface area contributed by atoms with E-state index in [4.69, 9.17) is 14.6 Å². The van der Waals surface area contributed by atoms with Gasteiger partial charge in [-0.1, -0.05) is 99.0 Å². The molecule has 2 aliphatic heterocycles. The molecule has 2 aliphatic rings. The molecule has 8 nitrogen and oxygen atoms in total. The Bertz CT molecular complexity index is 1380. The lowest BCUT2D eigenvalue weighted by atomic mass is 9.89. The third-order valence-corrected chi connectivity index (χ3v) is 9.06. The summed E-state index contributed by atoms with van der Waals surface area (Å²) in [4.78, 5) is 25.5. The van der Waals surface area contributed by atoms with Crippen molar-refractivity contribution in [2.45, 2.75) is 83.5 Å². The van der Waals surface area contributed by atoms with E-state index in [2.05, 4.69) is 53.5 Å². The molecule has 2 heterocycles. The van der Waals surface area contributed by atoms with Crippen LogP contribution in [0.1, 0.15) is 86.5 Å². The molecule has 5 rings (SSSR count). The minimum absolute atomic E-state index is 0.00386. The van der Waals surface area contributed by atoms with E-state index in [9.17, 15) is 14.7 Å². The van der Waals surface area contributed by atoms with Crippen molar-refractivity contribution in [2.75, 3.05) is 19.6 Å². The van der Waals surface area contributed by atoms with Crippen LogP contribution in [-0.4, -0.2) is 52.7 Å². The Hall–Kier alpha value is -3.56. The van der Waals surface area contributed by atoms with E-state index >= 15 is 0 Å². The number of aliphatic hydroxyl groups is 1. The fraction of sp³-hybridized carbons (Fsp3) is 0.459. The number of ether oxygens (including phenoxy) is 2. The third kappa shape index (κ3) is 9.01. The van der Waals surface area contributed by atoms with Gasteiger partial charge < -0.3 is 29.9 Å². The van der Waals surface area contributed by atoms with E-state index in [0.29, 0.717) is 6.54 Å². The van der Waals surface area contributed by atoms with Gasteiger partial charge in [0.05, 0.1) is 25.2 Å². The first kappa shape index (κ1) is 32.8. The van der Waals surface area contributed by atoms with E-state index in [1.54, 1.807) is 0 Å². The first-order valence-corrected chi connectivity index (χ1v) is 16.3. The Labute approximate surface area is 266 Å². The monoisotopic (exact) mass is 614 g/mol. The Morgan fingerprint density at radius 2 is 1.51 bits per heavy atom. The van der Waals surface area contributed by atoms with Crippen LogP contribution in [0.5, 0.6) is 0 Å². The van der Waals surface area contributed by atoms with Crippen LogP contribution in [-0.2, 0) is 32.2 Å². The van der Waals surface area contributed by atoms with Crippen LogP contribution < -0.4 is 5.32 Å². The maximum absolute atomic E-state index is 12.1. The first-order chi connectivity index (χ1) is 21.9. The van der Waals surface area contributed by atoms with Crippen LogP contribution in [0.25, 0.3) is 11.1 Å². The number of hydrogen-bond acceptors (Lipinski definition) is 6. The summed E-state index contributed by atoms with van der Waals surface area (Å²) >= 11 is 0. The molecular weight excluding hydrogens is 568 g/mol. The predicted octanol–water partition coefficient (Wildman–Crippen LogP) is 6.38. The van der Waals surface area contributed by atoms with Crippen molar-refractivity contribution in [3.63, 3.8) is 0 Å². The zero-order valence-corrected chi connectivity index (χ0v) is 26.2. The van der Waals surface area contributed by atoms with Crippen LogP contribution in [0, 0.1) is 5.92 Å². The largest absolute Gasteiger partial charge is 0.481 e. The third-order valence-electron chi connectivity index (χ3n) is 9.06. The summed E-state index contributed by atoms with van der Waals surface area (Å²) in [6.45, 7) is 5.62. The van der Waals surface area contributed by atoms with Gasteiger partial charge in [-0.15, -0.1) is 0 Å². The number of rotatable bonds is 11. The van der Waals surface area contributed by atoms with Crippen LogP contribution >= 0.6 is 0 Å². The van der Waals surface area contributed by atoms with Crippen molar-refractivity contribution in [2.24, 2.45) is 5.92 Å². The second-order valence-electron chi connectivity index (χ2n) is 12.3. The minimum Gasteiger partial charge on any atom is -0.481 e. The standard InChI is InChI=1S/C37H46N2O6/c1-26-33(24-39-21-7-3-2-4-8-22-39)44-37(45-36(26)29-13-11-27(25-40)12-14-29)30-17-15-28(16-18-30)32-10-6-5-9-31(32)23-38-34(41)19-20-35(42)43/h5-6,9-18,26,33,36-37,40H,2-4,7-8,19-25H2,1H3,(H,38,41)(H,42,43)/t26-,33+,36+,37+/m1/s1. The van der Waals surface area contributed by atoms with Gasteiger partial charge in [-0.25, -0.2) is 0 Å². The number of carbonyl (C=O) groups is 2. The average molecular weight is 615 g/mol. The number of amides is 1. The van der Waals surface area contributed by atoms with Crippen molar-refractivity contribution in [1.82, 2.24) is 10.2 Å². The van der Waals surface area contributed by atoms with E-state index in [1.807, 2.05) is 36.4 Å². The number of aliphatic carboxylic acids is 1. The highest BCUT2D eigenvalue weighted by atomic mass is 16.7. The molecule has 4 atom stereocenters. The van der Waals surface area contributed by atoms with Crippen LogP contribution in [0.4, 0.5) is 0 Å². The van der Waals surface area contributed by atoms with Crippen molar-refractivity contribution >= 4 is 11.9 Å². The fourth-order valence-corrected chi connectivity index (χ4v) is 6.36. The highest BCUT2D eigenvalue weighted by Crippen LogP contribution is 2.42. The molecule has 0 unspecified atom stereocenters. The molecule has 3 aromatic carbocycles. The molecule has 1 amide bonds. The van der Waals surface area contributed by atoms with E-state index in [1.165, 1.54) is 32.1 Å². The average Bonchev–Trinajstić information content (AvgIpc) is 3.05. The molecule has 0 bridgehead atoms. The van der Waals surface area contributed by atoms with Crippen LogP contribution in [0.2, 0.25) is 0 Å². The van der Waals surface area contributed by atoms with Gasteiger partial charge >= 0.3 is 5.97 Å². The molecular formula is C37H46N2O6. The molecule has 0 saturated carbocycles. The first-order valence-electron chi connectivity index (χ1n) is 16.3. The van der Waals surface area contributed by atoms with Gasteiger partial charge in [0, 0.05) is 31.0 Å². The van der Waals surface area contributed by atoms with Gasteiger partial charge in [-0.2, -0.15) is 0 Å². The van der Waals surface area contributed by atoms with Gasteiger partial charge in [0.15, 0.2) is 6.29 Å². The molecule has 3 aromatic rings. The highest BCUT2D eigenvalue weighted by Gasteiger charge is 2.39. The molecule has 0 spiro atoms. The van der Waals surface area contributed by atoms with Crippen molar-refractivity contribution in [3.05, 3.63) is 95.1 Å². The number of nitrogens with zero attached hydrogens (tertiary/aromatic N) is 1. The fourth-order valence-electron chi connectivity index (χ4n) is 6.36. The normalized spacial score (nSPS) is 22.7. The van der Waals surface area contributed by atoms with Gasteiger partial charge in [0.25, 0.3) is 0 Å². The zero-order chi connectivity index (χ0) is 31.6. The second kappa shape index (κ2) is 16.1. The predicted molar refractivity (Wildman–Crippen MR) is 173 cm³/mol. The molecule has 0 aromatic heterocycles. The lowest BCUT2D eigenvalue weighted by Crippen LogP contribution is -2.45. The SMILES string of the molecule is C[C@@H]1[C@H](CN2CCCCCCC2)O[C@H](c2ccc(-c3ccccc3CNC(=O)CCC(=O)O)cc2)O[C@@H]1c1ccc(CO)cc1. The summed E-state index contributed by atoms with van der Waals surface area (Å²) < 4.78 is 13.4. The summed E-state index contributed by atoms with van der Waals surface area (Å²) in [6, 6.07) is 24.2. The van der Waals surface area contributed by atoms with E-state index < -0.39 is 12.3 Å². The van der Waals surface area contributed by atoms with Gasteiger partial charge in [-0.05, 0) is 53.7 Å². The number of carboxylic acid groups (broad SMARTS) is 1. The highest BCUT2D eigenvalue weighted by molar-refractivity contribution is 5.80. The zero-order valence-electron chi connectivity index (χ0n) is 26.2. The molecule has 0 aliphatic carbocycles. The number of nitrogens with one attached hydrogen (secondary N) is 1. The van der Waals surface area contributed by atoms with Crippen molar-refractivity contribution < 1.29 is 29.3 Å².